The number of nitrogens with one attached hydrogen (secondary N) is 1. The molecule has 7 heteroatoms. The Bertz CT molecular complexity index is 612. The van der Waals surface area contributed by atoms with Crippen molar-refractivity contribution in [2.75, 3.05) is 32.9 Å². The molecule has 0 spiro atoms. The maximum Gasteiger partial charge on any atom is 0.188 e. The highest BCUT2D eigenvalue weighted by Gasteiger charge is 2.36. The van der Waals surface area contributed by atoms with Gasteiger partial charge in [0.25, 0.3) is 0 Å². The third kappa shape index (κ3) is 4.79. The highest BCUT2D eigenvalue weighted by Crippen LogP contribution is 2.39. The largest absolute Gasteiger partial charge is 0.381 e. The van der Waals surface area contributed by atoms with E-state index in [1.807, 2.05) is 12.1 Å². The van der Waals surface area contributed by atoms with Gasteiger partial charge >= 0.3 is 0 Å². The summed E-state index contributed by atoms with van der Waals surface area (Å²) in [6.45, 7) is 3.49. The van der Waals surface area contributed by atoms with Gasteiger partial charge in [0.05, 0.1) is 12.6 Å². The van der Waals surface area contributed by atoms with Gasteiger partial charge in [-0.3, -0.25) is 4.99 Å². The molecule has 2 aliphatic rings. The summed E-state index contributed by atoms with van der Waals surface area (Å²) in [4.78, 5) is 4.60. The molecule has 0 amide bonds. The molecule has 0 radical (unpaired) electrons. The molecular weight excluding hydrogens is 361 g/mol. The van der Waals surface area contributed by atoms with Gasteiger partial charge in [-0.1, -0.05) is 29.3 Å². The quantitative estimate of drug-likeness (QED) is 0.603. The van der Waals surface area contributed by atoms with Crippen LogP contribution in [0.3, 0.4) is 0 Å². The standard InChI is InChI=1S/C18H25Cl2N3O2/c19-13-3-4-15(16(20)10-13)18(5-8-24-9-6-18)12-23-17(21)22-11-14-2-1-7-25-14/h3-4,10,14H,1-2,5-9,11-12H2,(H3,21,22,23). The van der Waals surface area contributed by atoms with E-state index in [0.717, 1.165) is 37.9 Å². The molecule has 0 bridgehead atoms. The summed E-state index contributed by atoms with van der Waals surface area (Å²) in [5, 5.41) is 4.49. The fraction of sp³-hybridized carbons (Fsp3) is 0.611. The Labute approximate surface area is 158 Å². The number of nitrogens with zero attached hydrogens (tertiary/aromatic N) is 1. The first-order chi connectivity index (χ1) is 12.1. The first kappa shape index (κ1) is 18.8. The fourth-order valence-electron chi connectivity index (χ4n) is 3.51. The maximum atomic E-state index is 6.48. The molecule has 1 unspecified atom stereocenters. The smallest absolute Gasteiger partial charge is 0.188 e. The summed E-state index contributed by atoms with van der Waals surface area (Å²) in [5.74, 6) is 0.450. The Balaban J connectivity index is 1.70. The van der Waals surface area contributed by atoms with Gasteiger partial charge in [-0.2, -0.15) is 0 Å². The van der Waals surface area contributed by atoms with Crippen LogP contribution in [0.5, 0.6) is 0 Å². The van der Waals surface area contributed by atoms with Gasteiger partial charge in [0, 0.05) is 41.8 Å². The second-order valence-corrected chi connectivity index (χ2v) is 7.58. The zero-order chi connectivity index (χ0) is 17.7. The number of hydrogen-bond donors (Lipinski definition) is 2. The zero-order valence-electron chi connectivity index (χ0n) is 14.3. The van der Waals surface area contributed by atoms with Crippen molar-refractivity contribution in [1.29, 1.82) is 0 Å². The predicted molar refractivity (Wildman–Crippen MR) is 102 cm³/mol. The lowest BCUT2D eigenvalue weighted by Gasteiger charge is -2.37. The second kappa shape index (κ2) is 8.58. The van der Waals surface area contributed by atoms with Crippen LogP contribution in [0.15, 0.2) is 23.2 Å². The lowest BCUT2D eigenvalue weighted by Crippen LogP contribution is -2.41. The molecule has 5 nitrogen and oxygen atoms in total. The van der Waals surface area contributed by atoms with Crippen molar-refractivity contribution in [3.8, 4) is 0 Å². The third-order valence-electron chi connectivity index (χ3n) is 5.04. The number of benzene rings is 1. The monoisotopic (exact) mass is 385 g/mol. The van der Waals surface area contributed by atoms with E-state index in [1.165, 1.54) is 0 Å². The van der Waals surface area contributed by atoms with Crippen LogP contribution < -0.4 is 11.1 Å². The molecule has 1 atom stereocenters. The molecule has 3 N–H and O–H groups in total. The highest BCUT2D eigenvalue weighted by molar-refractivity contribution is 6.35. The van der Waals surface area contributed by atoms with Gasteiger partial charge in [-0.15, -0.1) is 0 Å². The molecule has 2 heterocycles. The van der Waals surface area contributed by atoms with Crippen molar-refractivity contribution >= 4 is 29.2 Å². The van der Waals surface area contributed by atoms with E-state index in [0.29, 0.717) is 42.3 Å². The minimum Gasteiger partial charge on any atom is -0.381 e. The molecule has 1 aromatic carbocycles. The average Bonchev–Trinajstić information content (AvgIpc) is 3.12. The number of nitrogens with two attached hydrogens (primary N) is 1. The van der Waals surface area contributed by atoms with E-state index in [4.69, 9.17) is 38.4 Å². The Kier molecular flexibility index (Phi) is 6.44. The van der Waals surface area contributed by atoms with Gasteiger partial charge in [0.1, 0.15) is 0 Å². The second-order valence-electron chi connectivity index (χ2n) is 6.73. The molecule has 1 aromatic rings. The summed E-state index contributed by atoms with van der Waals surface area (Å²) in [5.41, 5.74) is 6.96. The molecule has 0 aromatic heterocycles. The number of guanidine groups is 1. The van der Waals surface area contributed by atoms with Gasteiger partial charge < -0.3 is 20.5 Å². The molecule has 0 saturated carbocycles. The topological polar surface area (TPSA) is 68.9 Å². The number of halogens is 2. The summed E-state index contributed by atoms with van der Waals surface area (Å²) in [6, 6.07) is 5.67. The SMILES string of the molecule is NC(=NCC1(c2ccc(Cl)cc2Cl)CCOCC1)NCC1CCCO1. The molecule has 2 saturated heterocycles. The van der Waals surface area contributed by atoms with Crippen LogP contribution in [-0.2, 0) is 14.9 Å². The molecular formula is C18H25Cl2N3O2. The summed E-state index contributed by atoms with van der Waals surface area (Å²) < 4.78 is 11.1. The van der Waals surface area contributed by atoms with Gasteiger partial charge in [-0.05, 0) is 43.4 Å². The molecule has 25 heavy (non-hydrogen) atoms. The zero-order valence-corrected chi connectivity index (χ0v) is 15.8. The summed E-state index contributed by atoms with van der Waals surface area (Å²) in [6.07, 6.45) is 4.13. The minimum absolute atomic E-state index is 0.171. The van der Waals surface area contributed by atoms with E-state index < -0.39 is 0 Å². The minimum atomic E-state index is -0.171. The van der Waals surface area contributed by atoms with Crippen molar-refractivity contribution in [2.24, 2.45) is 10.7 Å². The Morgan fingerprint density at radius 2 is 2.08 bits per heavy atom. The summed E-state index contributed by atoms with van der Waals surface area (Å²) >= 11 is 12.5. The average molecular weight is 386 g/mol. The third-order valence-corrected chi connectivity index (χ3v) is 5.59. The van der Waals surface area contributed by atoms with E-state index in [-0.39, 0.29) is 11.5 Å². The van der Waals surface area contributed by atoms with Crippen molar-refractivity contribution < 1.29 is 9.47 Å². The lowest BCUT2D eigenvalue weighted by atomic mass is 9.74. The predicted octanol–water partition coefficient (Wildman–Crippen LogP) is 3.12. The van der Waals surface area contributed by atoms with Crippen LogP contribution in [0.2, 0.25) is 10.0 Å². The molecule has 138 valence electrons. The van der Waals surface area contributed by atoms with E-state index in [2.05, 4.69) is 10.3 Å². The van der Waals surface area contributed by atoms with Gasteiger partial charge in [0.2, 0.25) is 0 Å². The van der Waals surface area contributed by atoms with Crippen LogP contribution in [0.4, 0.5) is 0 Å². The first-order valence-electron chi connectivity index (χ1n) is 8.78. The van der Waals surface area contributed by atoms with E-state index >= 15 is 0 Å². The lowest BCUT2D eigenvalue weighted by molar-refractivity contribution is 0.0531. The van der Waals surface area contributed by atoms with Crippen LogP contribution in [-0.4, -0.2) is 45.0 Å². The van der Waals surface area contributed by atoms with Gasteiger partial charge in [0.15, 0.2) is 5.96 Å². The Morgan fingerprint density at radius 1 is 1.28 bits per heavy atom. The van der Waals surface area contributed by atoms with Crippen LogP contribution >= 0.6 is 23.2 Å². The van der Waals surface area contributed by atoms with Crippen molar-refractivity contribution in [2.45, 2.75) is 37.2 Å². The normalized spacial score (nSPS) is 23.6. The number of ether oxygens (including phenoxy) is 2. The molecule has 0 aliphatic carbocycles. The first-order valence-corrected chi connectivity index (χ1v) is 9.53. The maximum absolute atomic E-state index is 6.48. The fourth-order valence-corrected chi connectivity index (χ4v) is 4.12. The van der Waals surface area contributed by atoms with Crippen LogP contribution in [0.1, 0.15) is 31.2 Å². The van der Waals surface area contributed by atoms with Crippen molar-refractivity contribution in [1.82, 2.24) is 5.32 Å². The Morgan fingerprint density at radius 3 is 2.76 bits per heavy atom. The molecule has 2 fully saturated rings. The van der Waals surface area contributed by atoms with Crippen molar-refractivity contribution in [3.63, 3.8) is 0 Å². The summed E-state index contributed by atoms with van der Waals surface area (Å²) in [7, 11) is 0. The van der Waals surface area contributed by atoms with Crippen LogP contribution in [0, 0.1) is 0 Å². The number of hydrogen-bond acceptors (Lipinski definition) is 3. The molecule has 3 rings (SSSR count). The Hall–Kier alpha value is -1.01. The van der Waals surface area contributed by atoms with Crippen LogP contribution in [0.25, 0.3) is 0 Å². The highest BCUT2D eigenvalue weighted by atomic mass is 35.5. The van der Waals surface area contributed by atoms with Crippen molar-refractivity contribution in [3.05, 3.63) is 33.8 Å². The van der Waals surface area contributed by atoms with E-state index in [1.54, 1.807) is 6.07 Å². The van der Waals surface area contributed by atoms with E-state index in [9.17, 15) is 0 Å². The number of aliphatic imine (C=N–C) groups is 1. The van der Waals surface area contributed by atoms with Gasteiger partial charge in [-0.25, -0.2) is 0 Å². The molecule has 2 aliphatic heterocycles. The number of rotatable bonds is 5.